The highest BCUT2D eigenvalue weighted by Crippen LogP contribution is 2.20. The molecular formula is C12H16FNO4. The van der Waals surface area contributed by atoms with Crippen molar-refractivity contribution in [2.24, 2.45) is 0 Å². The first-order chi connectivity index (χ1) is 8.45. The minimum atomic E-state index is -1.56. The van der Waals surface area contributed by atoms with Crippen LogP contribution in [0, 0.1) is 12.7 Å². The van der Waals surface area contributed by atoms with Crippen molar-refractivity contribution in [2.45, 2.75) is 32.5 Å². The zero-order valence-corrected chi connectivity index (χ0v) is 10.3. The third-order valence-electron chi connectivity index (χ3n) is 2.34. The third-order valence-corrected chi connectivity index (χ3v) is 2.34. The molecule has 0 spiro atoms. The second-order valence-electron chi connectivity index (χ2n) is 3.84. The van der Waals surface area contributed by atoms with E-state index < -0.39 is 30.4 Å². The number of aliphatic hydroxyl groups is 2. The SMILES string of the molecule is CCOC(=O)CC(O)C(O)c1nc(C)ccc1F. The zero-order chi connectivity index (χ0) is 13.7. The van der Waals surface area contributed by atoms with Gasteiger partial charge in [0.25, 0.3) is 0 Å². The molecule has 0 bridgehead atoms. The molecule has 5 nitrogen and oxygen atoms in total. The van der Waals surface area contributed by atoms with Gasteiger partial charge < -0.3 is 14.9 Å². The van der Waals surface area contributed by atoms with Crippen LogP contribution in [0.3, 0.4) is 0 Å². The van der Waals surface area contributed by atoms with Crippen molar-refractivity contribution in [1.29, 1.82) is 0 Å². The number of nitrogens with zero attached hydrogens (tertiary/aromatic N) is 1. The van der Waals surface area contributed by atoms with Crippen LogP contribution < -0.4 is 0 Å². The minimum Gasteiger partial charge on any atom is -0.466 e. The van der Waals surface area contributed by atoms with E-state index in [4.69, 9.17) is 0 Å². The molecule has 1 aromatic heterocycles. The van der Waals surface area contributed by atoms with E-state index in [1.165, 1.54) is 6.07 Å². The van der Waals surface area contributed by atoms with E-state index in [-0.39, 0.29) is 12.3 Å². The Morgan fingerprint density at radius 2 is 2.17 bits per heavy atom. The molecule has 0 amide bonds. The van der Waals surface area contributed by atoms with E-state index >= 15 is 0 Å². The Kier molecular flexibility index (Phi) is 5.18. The third kappa shape index (κ3) is 3.75. The van der Waals surface area contributed by atoms with Gasteiger partial charge in [0.2, 0.25) is 0 Å². The number of aromatic nitrogens is 1. The van der Waals surface area contributed by atoms with Crippen molar-refractivity contribution in [3.8, 4) is 0 Å². The second kappa shape index (κ2) is 6.42. The van der Waals surface area contributed by atoms with Gasteiger partial charge in [0.05, 0.1) is 19.1 Å². The molecule has 0 aliphatic heterocycles. The van der Waals surface area contributed by atoms with Crippen molar-refractivity contribution in [3.05, 3.63) is 29.3 Å². The molecule has 1 heterocycles. The Balaban J connectivity index is 2.76. The molecule has 2 atom stereocenters. The largest absolute Gasteiger partial charge is 0.466 e. The Labute approximate surface area is 104 Å². The first-order valence-corrected chi connectivity index (χ1v) is 5.60. The second-order valence-corrected chi connectivity index (χ2v) is 3.84. The number of esters is 1. The van der Waals surface area contributed by atoms with Gasteiger partial charge in [-0.2, -0.15) is 0 Å². The summed E-state index contributed by atoms with van der Waals surface area (Å²) in [5.41, 5.74) is 0.237. The van der Waals surface area contributed by atoms with Gasteiger partial charge in [-0.15, -0.1) is 0 Å². The molecule has 0 saturated heterocycles. The number of carbonyl (C=O) groups excluding carboxylic acids is 1. The van der Waals surface area contributed by atoms with E-state index in [1.807, 2.05) is 0 Å². The maximum atomic E-state index is 13.4. The van der Waals surface area contributed by atoms with Gasteiger partial charge in [-0.05, 0) is 26.0 Å². The molecule has 18 heavy (non-hydrogen) atoms. The predicted octanol–water partition coefficient (Wildman–Crippen LogP) is 0.877. The Hall–Kier alpha value is -1.53. The van der Waals surface area contributed by atoms with Gasteiger partial charge in [0.15, 0.2) is 0 Å². The van der Waals surface area contributed by atoms with Crippen molar-refractivity contribution in [2.75, 3.05) is 6.61 Å². The molecular weight excluding hydrogens is 241 g/mol. The molecule has 100 valence electrons. The summed E-state index contributed by atoms with van der Waals surface area (Å²) in [5.74, 6) is -1.38. The Morgan fingerprint density at radius 3 is 2.78 bits per heavy atom. The van der Waals surface area contributed by atoms with Crippen molar-refractivity contribution in [3.63, 3.8) is 0 Å². The molecule has 0 radical (unpaired) electrons. The lowest BCUT2D eigenvalue weighted by Gasteiger charge is -2.17. The highest BCUT2D eigenvalue weighted by molar-refractivity contribution is 5.70. The number of halogens is 1. The molecule has 0 aliphatic carbocycles. The van der Waals surface area contributed by atoms with Crippen molar-refractivity contribution in [1.82, 2.24) is 4.98 Å². The normalized spacial score (nSPS) is 14.1. The average molecular weight is 257 g/mol. The topological polar surface area (TPSA) is 79.7 Å². The lowest BCUT2D eigenvalue weighted by atomic mass is 10.1. The van der Waals surface area contributed by atoms with Crippen LogP contribution in [0.5, 0.6) is 0 Å². The summed E-state index contributed by atoms with van der Waals surface area (Å²) in [4.78, 5) is 14.9. The van der Waals surface area contributed by atoms with E-state index in [1.54, 1.807) is 13.8 Å². The van der Waals surface area contributed by atoms with Crippen LogP contribution in [0.4, 0.5) is 4.39 Å². The fraction of sp³-hybridized carbons (Fsp3) is 0.500. The number of rotatable bonds is 5. The molecule has 1 aromatic rings. The number of hydrogen-bond acceptors (Lipinski definition) is 5. The lowest BCUT2D eigenvalue weighted by Crippen LogP contribution is -2.24. The van der Waals surface area contributed by atoms with Gasteiger partial charge in [0.1, 0.15) is 17.6 Å². The van der Waals surface area contributed by atoms with Crippen LogP contribution >= 0.6 is 0 Å². The number of hydrogen-bond donors (Lipinski definition) is 2. The number of aliphatic hydroxyl groups excluding tert-OH is 2. The molecule has 6 heteroatoms. The first kappa shape index (κ1) is 14.5. The fourth-order valence-electron chi connectivity index (χ4n) is 1.45. The summed E-state index contributed by atoms with van der Waals surface area (Å²) in [7, 11) is 0. The Morgan fingerprint density at radius 1 is 1.50 bits per heavy atom. The van der Waals surface area contributed by atoms with Crippen LogP contribution in [0.1, 0.15) is 30.8 Å². The minimum absolute atomic E-state index is 0.179. The summed E-state index contributed by atoms with van der Waals surface area (Å²) in [5, 5.41) is 19.4. The van der Waals surface area contributed by atoms with Gasteiger partial charge in [-0.25, -0.2) is 4.39 Å². The number of pyridine rings is 1. The lowest BCUT2D eigenvalue weighted by molar-refractivity contribution is -0.147. The van der Waals surface area contributed by atoms with Crippen LogP contribution in [-0.4, -0.2) is 33.9 Å². The predicted molar refractivity (Wildman–Crippen MR) is 61.1 cm³/mol. The van der Waals surface area contributed by atoms with E-state index in [2.05, 4.69) is 9.72 Å². The van der Waals surface area contributed by atoms with Crippen LogP contribution in [-0.2, 0) is 9.53 Å². The zero-order valence-electron chi connectivity index (χ0n) is 10.3. The maximum Gasteiger partial charge on any atom is 0.308 e. The van der Waals surface area contributed by atoms with Crippen LogP contribution in [0.2, 0.25) is 0 Å². The van der Waals surface area contributed by atoms with E-state index in [0.29, 0.717) is 5.69 Å². The molecule has 1 rings (SSSR count). The summed E-state index contributed by atoms with van der Waals surface area (Å²) in [6, 6.07) is 2.60. The monoisotopic (exact) mass is 257 g/mol. The molecule has 0 aromatic carbocycles. The quantitative estimate of drug-likeness (QED) is 0.765. The van der Waals surface area contributed by atoms with E-state index in [0.717, 1.165) is 6.07 Å². The van der Waals surface area contributed by atoms with Gasteiger partial charge >= 0.3 is 5.97 Å². The summed E-state index contributed by atoms with van der Waals surface area (Å²) >= 11 is 0. The van der Waals surface area contributed by atoms with Gasteiger partial charge in [-0.3, -0.25) is 9.78 Å². The molecule has 2 N–H and O–H groups in total. The number of aryl methyl sites for hydroxylation is 1. The standard InChI is InChI=1S/C12H16FNO4/c1-3-18-10(16)6-9(15)12(17)11-8(13)5-4-7(2)14-11/h4-5,9,12,15,17H,3,6H2,1-2H3. The highest BCUT2D eigenvalue weighted by atomic mass is 19.1. The van der Waals surface area contributed by atoms with Crippen LogP contribution in [0.15, 0.2) is 12.1 Å². The molecule has 2 unspecified atom stereocenters. The first-order valence-electron chi connectivity index (χ1n) is 5.60. The van der Waals surface area contributed by atoms with E-state index in [9.17, 15) is 19.4 Å². The highest BCUT2D eigenvalue weighted by Gasteiger charge is 2.25. The van der Waals surface area contributed by atoms with Crippen LogP contribution in [0.25, 0.3) is 0 Å². The number of carbonyl (C=O) groups is 1. The Bertz CT molecular complexity index is 425. The molecule has 0 fully saturated rings. The maximum absolute atomic E-state index is 13.4. The fourth-order valence-corrected chi connectivity index (χ4v) is 1.45. The summed E-state index contributed by atoms with van der Waals surface area (Å²) in [6.07, 6.45) is -3.42. The summed E-state index contributed by atoms with van der Waals surface area (Å²) in [6.45, 7) is 3.44. The summed E-state index contributed by atoms with van der Waals surface area (Å²) < 4.78 is 18.0. The van der Waals surface area contributed by atoms with Crippen molar-refractivity contribution >= 4 is 5.97 Å². The smallest absolute Gasteiger partial charge is 0.308 e. The van der Waals surface area contributed by atoms with Gasteiger partial charge in [0, 0.05) is 5.69 Å². The average Bonchev–Trinajstić information content (AvgIpc) is 2.31. The van der Waals surface area contributed by atoms with Gasteiger partial charge in [-0.1, -0.05) is 0 Å². The molecule has 0 aliphatic rings. The van der Waals surface area contributed by atoms with Crippen molar-refractivity contribution < 1.29 is 24.1 Å². The molecule has 0 saturated carbocycles. The number of ether oxygens (including phenoxy) is 1.